The summed E-state index contributed by atoms with van der Waals surface area (Å²) >= 11 is 1.66. The molecule has 0 aliphatic carbocycles. The van der Waals surface area contributed by atoms with Crippen LogP contribution in [0.15, 0.2) is 0 Å². The van der Waals surface area contributed by atoms with Crippen molar-refractivity contribution < 1.29 is 9.53 Å². The summed E-state index contributed by atoms with van der Waals surface area (Å²) in [6.07, 6.45) is 0. The Bertz CT molecular complexity index is 154. The molecule has 0 aromatic carbocycles. The topological polar surface area (TPSA) is 52.3 Å². The van der Waals surface area contributed by atoms with E-state index in [9.17, 15) is 4.79 Å². The standard InChI is InChI=1S/C8H17NO2S/c1-8(2,3)12-5-6(9)7(10)11-4/h6H,5,9H2,1-4H3/t6-/m0/s1. The number of hydrogen-bond acceptors (Lipinski definition) is 4. The zero-order valence-corrected chi connectivity index (χ0v) is 8.90. The lowest BCUT2D eigenvalue weighted by Gasteiger charge is -2.19. The number of carbonyl (C=O) groups is 1. The van der Waals surface area contributed by atoms with Crippen LogP contribution in [0.5, 0.6) is 0 Å². The summed E-state index contributed by atoms with van der Waals surface area (Å²) in [6.45, 7) is 6.25. The van der Waals surface area contributed by atoms with Crippen molar-refractivity contribution in [2.75, 3.05) is 12.9 Å². The first-order chi connectivity index (χ1) is 5.37. The molecule has 0 saturated carbocycles. The number of rotatable bonds is 3. The summed E-state index contributed by atoms with van der Waals surface area (Å²) in [5, 5.41) is 0. The molecule has 3 nitrogen and oxygen atoms in total. The van der Waals surface area contributed by atoms with Crippen LogP contribution < -0.4 is 5.73 Å². The van der Waals surface area contributed by atoms with Gasteiger partial charge in [-0.1, -0.05) is 20.8 Å². The summed E-state index contributed by atoms with van der Waals surface area (Å²) < 4.78 is 4.64. The highest BCUT2D eigenvalue weighted by Gasteiger charge is 2.18. The Hall–Kier alpha value is -0.220. The van der Waals surface area contributed by atoms with E-state index in [2.05, 4.69) is 25.5 Å². The molecule has 0 aliphatic heterocycles. The minimum Gasteiger partial charge on any atom is -0.468 e. The van der Waals surface area contributed by atoms with Crippen molar-refractivity contribution in [2.45, 2.75) is 31.6 Å². The molecule has 0 amide bonds. The van der Waals surface area contributed by atoms with Gasteiger partial charge in [0.1, 0.15) is 6.04 Å². The SMILES string of the molecule is COC(=O)[C@@H](N)CSC(C)(C)C. The van der Waals surface area contributed by atoms with E-state index in [0.717, 1.165) is 0 Å². The summed E-state index contributed by atoms with van der Waals surface area (Å²) in [5.74, 6) is 0.266. The second-order valence-electron chi connectivity index (χ2n) is 3.55. The van der Waals surface area contributed by atoms with E-state index in [1.165, 1.54) is 7.11 Å². The minimum atomic E-state index is -0.501. The van der Waals surface area contributed by atoms with E-state index < -0.39 is 6.04 Å². The Morgan fingerprint density at radius 3 is 2.42 bits per heavy atom. The minimum absolute atomic E-state index is 0.144. The Kier molecular flexibility index (Phi) is 4.63. The van der Waals surface area contributed by atoms with Gasteiger partial charge in [-0.3, -0.25) is 4.79 Å². The summed E-state index contributed by atoms with van der Waals surface area (Å²) in [7, 11) is 1.35. The fourth-order valence-electron chi connectivity index (χ4n) is 0.559. The van der Waals surface area contributed by atoms with E-state index in [4.69, 9.17) is 5.73 Å². The van der Waals surface area contributed by atoms with Crippen molar-refractivity contribution in [3.05, 3.63) is 0 Å². The second-order valence-corrected chi connectivity index (χ2v) is 5.40. The number of thioether (sulfide) groups is 1. The molecule has 0 aromatic heterocycles. The van der Waals surface area contributed by atoms with Gasteiger partial charge in [0, 0.05) is 10.5 Å². The van der Waals surface area contributed by atoms with Crippen LogP contribution in [0.2, 0.25) is 0 Å². The molecule has 0 rings (SSSR count). The molecule has 0 saturated heterocycles. The van der Waals surface area contributed by atoms with E-state index in [0.29, 0.717) is 5.75 Å². The zero-order valence-electron chi connectivity index (χ0n) is 8.09. The van der Waals surface area contributed by atoms with Crippen LogP contribution in [-0.2, 0) is 9.53 Å². The number of carbonyl (C=O) groups excluding carboxylic acids is 1. The highest BCUT2D eigenvalue weighted by Crippen LogP contribution is 2.23. The molecule has 1 atom stereocenters. The molecular formula is C8H17NO2S. The first-order valence-electron chi connectivity index (χ1n) is 3.84. The highest BCUT2D eigenvalue weighted by molar-refractivity contribution is 8.00. The Labute approximate surface area is 78.0 Å². The first kappa shape index (κ1) is 11.8. The molecule has 2 N–H and O–H groups in total. The maximum absolute atomic E-state index is 10.9. The summed E-state index contributed by atoms with van der Waals surface area (Å²) in [4.78, 5) is 10.9. The first-order valence-corrected chi connectivity index (χ1v) is 4.83. The largest absolute Gasteiger partial charge is 0.468 e. The van der Waals surface area contributed by atoms with Crippen LogP contribution in [0.4, 0.5) is 0 Å². The Morgan fingerprint density at radius 1 is 1.58 bits per heavy atom. The molecule has 0 spiro atoms. The molecule has 0 aromatic rings. The van der Waals surface area contributed by atoms with Crippen LogP contribution in [0, 0.1) is 0 Å². The third-order valence-electron chi connectivity index (χ3n) is 1.20. The smallest absolute Gasteiger partial charge is 0.323 e. The van der Waals surface area contributed by atoms with Crippen LogP contribution in [0.25, 0.3) is 0 Å². The van der Waals surface area contributed by atoms with E-state index in [1.807, 2.05) is 0 Å². The maximum Gasteiger partial charge on any atom is 0.323 e. The van der Waals surface area contributed by atoms with Crippen molar-refractivity contribution in [2.24, 2.45) is 5.73 Å². The third-order valence-corrected chi connectivity index (χ3v) is 2.59. The number of hydrogen-bond donors (Lipinski definition) is 1. The van der Waals surface area contributed by atoms with Gasteiger partial charge in [-0.2, -0.15) is 11.8 Å². The van der Waals surface area contributed by atoms with Crippen molar-refractivity contribution in [3.63, 3.8) is 0 Å². The Balaban J connectivity index is 3.72. The summed E-state index contributed by atoms with van der Waals surface area (Å²) in [6, 6.07) is -0.501. The van der Waals surface area contributed by atoms with Crippen LogP contribution in [-0.4, -0.2) is 29.6 Å². The molecule has 0 heterocycles. The van der Waals surface area contributed by atoms with E-state index in [-0.39, 0.29) is 10.7 Å². The lowest BCUT2D eigenvalue weighted by molar-refractivity contribution is -0.141. The number of nitrogens with two attached hydrogens (primary N) is 1. The predicted molar refractivity (Wildman–Crippen MR) is 52.2 cm³/mol. The van der Waals surface area contributed by atoms with Crippen LogP contribution in [0.3, 0.4) is 0 Å². The van der Waals surface area contributed by atoms with Gasteiger partial charge < -0.3 is 10.5 Å². The van der Waals surface area contributed by atoms with Crippen molar-refractivity contribution in [3.8, 4) is 0 Å². The molecule has 12 heavy (non-hydrogen) atoms. The third kappa shape index (κ3) is 5.43. The van der Waals surface area contributed by atoms with Gasteiger partial charge >= 0.3 is 5.97 Å². The van der Waals surface area contributed by atoms with E-state index >= 15 is 0 Å². The van der Waals surface area contributed by atoms with Gasteiger partial charge in [0.25, 0.3) is 0 Å². The van der Waals surface area contributed by atoms with Crippen molar-refractivity contribution >= 4 is 17.7 Å². The van der Waals surface area contributed by atoms with Gasteiger partial charge in [0.05, 0.1) is 7.11 Å². The van der Waals surface area contributed by atoms with Gasteiger partial charge in [-0.25, -0.2) is 0 Å². The van der Waals surface area contributed by atoms with Crippen LogP contribution in [0.1, 0.15) is 20.8 Å². The predicted octanol–water partition coefficient (Wildman–Crippen LogP) is 1.02. The number of ether oxygens (including phenoxy) is 1. The molecule has 72 valence electrons. The number of esters is 1. The molecule has 0 fully saturated rings. The van der Waals surface area contributed by atoms with Gasteiger partial charge in [0.15, 0.2) is 0 Å². The maximum atomic E-state index is 10.9. The zero-order chi connectivity index (χ0) is 9.78. The lowest BCUT2D eigenvalue weighted by Crippen LogP contribution is -2.35. The molecule has 4 heteroatoms. The van der Waals surface area contributed by atoms with Crippen molar-refractivity contribution in [1.29, 1.82) is 0 Å². The molecule has 0 aliphatic rings. The molecular weight excluding hydrogens is 174 g/mol. The van der Waals surface area contributed by atoms with Gasteiger partial charge in [-0.15, -0.1) is 0 Å². The average molecular weight is 191 g/mol. The monoisotopic (exact) mass is 191 g/mol. The average Bonchev–Trinajstić information content (AvgIpc) is 1.97. The molecule has 0 radical (unpaired) electrons. The summed E-state index contributed by atoms with van der Waals surface area (Å²) in [5.41, 5.74) is 5.54. The normalized spacial score (nSPS) is 14.1. The van der Waals surface area contributed by atoms with Gasteiger partial charge in [0.2, 0.25) is 0 Å². The van der Waals surface area contributed by atoms with Gasteiger partial charge in [-0.05, 0) is 0 Å². The Morgan fingerprint density at radius 2 is 2.08 bits per heavy atom. The highest BCUT2D eigenvalue weighted by atomic mass is 32.2. The van der Waals surface area contributed by atoms with Crippen molar-refractivity contribution in [1.82, 2.24) is 0 Å². The second kappa shape index (κ2) is 4.72. The van der Waals surface area contributed by atoms with Crippen LogP contribution >= 0.6 is 11.8 Å². The fourth-order valence-corrected chi connectivity index (χ4v) is 1.37. The van der Waals surface area contributed by atoms with E-state index in [1.54, 1.807) is 11.8 Å². The lowest BCUT2D eigenvalue weighted by atomic mass is 10.3. The fraction of sp³-hybridized carbons (Fsp3) is 0.875. The number of methoxy groups -OCH3 is 1. The quantitative estimate of drug-likeness (QED) is 0.677. The molecule has 0 bridgehead atoms. The molecule has 0 unspecified atom stereocenters.